The lowest BCUT2D eigenvalue weighted by atomic mass is 10.1. The van der Waals surface area contributed by atoms with Gasteiger partial charge >= 0.3 is 0 Å². The first kappa shape index (κ1) is 14.3. The highest BCUT2D eigenvalue weighted by atomic mass is 79.9. The van der Waals surface area contributed by atoms with E-state index in [1.165, 1.54) is 4.70 Å². The molecule has 0 aliphatic heterocycles. The van der Waals surface area contributed by atoms with E-state index in [0.29, 0.717) is 11.4 Å². The quantitative estimate of drug-likeness (QED) is 0.485. The number of hydrogen-bond acceptors (Lipinski definition) is 2. The van der Waals surface area contributed by atoms with Crippen LogP contribution in [0.2, 0.25) is 5.02 Å². The summed E-state index contributed by atoms with van der Waals surface area (Å²) in [5.41, 5.74) is 1.96. The van der Waals surface area contributed by atoms with E-state index in [1.807, 2.05) is 36.4 Å². The molecule has 1 nitrogen and oxygen atoms in total. The maximum absolute atomic E-state index is 6.51. The van der Waals surface area contributed by atoms with Crippen LogP contribution < -0.4 is 0 Å². The number of nitrogens with zero attached hydrogens (tertiary/aromatic N) is 1. The molecule has 0 aliphatic rings. The van der Waals surface area contributed by atoms with Crippen LogP contribution in [0.5, 0.6) is 0 Å². The fourth-order valence-corrected chi connectivity index (χ4v) is 4.14. The van der Waals surface area contributed by atoms with E-state index in [2.05, 4.69) is 27.0 Å². The van der Waals surface area contributed by atoms with Gasteiger partial charge in [0.05, 0.1) is 20.6 Å². The Morgan fingerprint density at radius 2 is 2.00 bits per heavy atom. The molecule has 0 N–H and O–H groups in total. The summed E-state index contributed by atoms with van der Waals surface area (Å²) < 4.78 is 2.17. The predicted molar refractivity (Wildman–Crippen MR) is 91.1 cm³/mol. The third kappa shape index (κ3) is 3.01. The molecule has 0 saturated carbocycles. The molecule has 102 valence electrons. The molecule has 0 saturated heterocycles. The number of benzene rings is 2. The van der Waals surface area contributed by atoms with Gasteiger partial charge in [0.2, 0.25) is 0 Å². The largest absolute Gasteiger partial charge is 0.241 e. The SMILES string of the molecule is Clc1ccc(Br)cc1C(Cl)Cc1nc2ccccc2s1. The summed E-state index contributed by atoms with van der Waals surface area (Å²) in [5.74, 6) is 0. The molecular weight excluding hydrogens is 377 g/mol. The van der Waals surface area contributed by atoms with Crippen LogP contribution in [0, 0.1) is 0 Å². The summed E-state index contributed by atoms with van der Waals surface area (Å²) in [6.45, 7) is 0. The molecule has 1 aromatic heterocycles. The zero-order chi connectivity index (χ0) is 14.1. The second-order valence-electron chi connectivity index (χ2n) is 4.41. The molecule has 20 heavy (non-hydrogen) atoms. The van der Waals surface area contributed by atoms with Gasteiger partial charge in [0.15, 0.2) is 0 Å². The van der Waals surface area contributed by atoms with Crippen LogP contribution in [0.25, 0.3) is 10.2 Å². The van der Waals surface area contributed by atoms with Gasteiger partial charge in [-0.3, -0.25) is 0 Å². The summed E-state index contributed by atoms with van der Waals surface area (Å²) in [6.07, 6.45) is 0.678. The van der Waals surface area contributed by atoms with Gasteiger partial charge < -0.3 is 0 Å². The Kier molecular flexibility index (Phi) is 4.32. The average Bonchev–Trinajstić information content (AvgIpc) is 2.83. The second kappa shape index (κ2) is 6.02. The Labute approximate surface area is 139 Å². The molecule has 3 aromatic rings. The van der Waals surface area contributed by atoms with Gasteiger partial charge in [-0.25, -0.2) is 4.98 Å². The standard InChI is InChI=1S/C15H10BrCl2NS/c16-9-5-6-11(17)10(7-9)12(18)8-15-19-13-3-1-2-4-14(13)20-15/h1-7,12H,8H2. The summed E-state index contributed by atoms with van der Waals surface area (Å²) >= 11 is 17.8. The molecule has 0 spiro atoms. The molecule has 0 fully saturated rings. The summed E-state index contributed by atoms with van der Waals surface area (Å²) in [5, 5.41) is 1.54. The number of aromatic nitrogens is 1. The Bertz CT molecular complexity index is 723. The van der Waals surface area contributed by atoms with E-state index in [0.717, 1.165) is 20.6 Å². The van der Waals surface area contributed by atoms with E-state index in [4.69, 9.17) is 23.2 Å². The molecule has 2 aromatic carbocycles. The van der Waals surface area contributed by atoms with Crippen molar-refractivity contribution in [3.8, 4) is 0 Å². The van der Waals surface area contributed by atoms with Gasteiger partial charge in [-0.1, -0.05) is 39.7 Å². The molecular formula is C15H10BrCl2NS. The minimum Gasteiger partial charge on any atom is -0.241 e. The number of fused-ring (bicyclic) bond motifs is 1. The maximum atomic E-state index is 6.51. The summed E-state index contributed by atoms with van der Waals surface area (Å²) in [6, 6.07) is 13.8. The highest BCUT2D eigenvalue weighted by molar-refractivity contribution is 9.10. The lowest BCUT2D eigenvalue weighted by Gasteiger charge is -2.10. The molecule has 1 heterocycles. The third-order valence-corrected chi connectivity index (χ3v) is 5.27. The van der Waals surface area contributed by atoms with Crippen molar-refractivity contribution in [3.63, 3.8) is 0 Å². The van der Waals surface area contributed by atoms with E-state index >= 15 is 0 Å². The summed E-state index contributed by atoms with van der Waals surface area (Å²) in [7, 11) is 0. The molecule has 0 radical (unpaired) electrons. The van der Waals surface area contributed by atoms with Gasteiger partial charge in [0.1, 0.15) is 0 Å². The zero-order valence-electron chi connectivity index (χ0n) is 10.3. The van der Waals surface area contributed by atoms with Crippen LogP contribution in [-0.4, -0.2) is 4.98 Å². The van der Waals surface area contributed by atoms with E-state index < -0.39 is 0 Å². The smallest absolute Gasteiger partial charge is 0.0956 e. The first-order chi connectivity index (χ1) is 9.63. The molecule has 1 atom stereocenters. The molecule has 1 unspecified atom stereocenters. The Balaban J connectivity index is 1.88. The number of rotatable bonds is 3. The molecule has 0 aliphatic carbocycles. The van der Waals surface area contributed by atoms with Gasteiger partial charge in [-0.05, 0) is 35.9 Å². The maximum Gasteiger partial charge on any atom is 0.0956 e. The first-order valence-electron chi connectivity index (χ1n) is 6.07. The molecule has 0 bridgehead atoms. The fraction of sp³-hybridized carbons (Fsp3) is 0.133. The van der Waals surface area contributed by atoms with Gasteiger partial charge in [-0.2, -0.15) is 0 Å². The van der Waals surface area contributed by atoms with E-state index in [9.17, 15) is 0 Å². The Hall–Kier alpha value is -0.610. The Morgan fingerprint density at radius 1 is 1.20 bits per heavy atom. The van der Waals surface area contributed by atoms with Gasteiger partial charge in [-0.15, -0.1) is 22.9 Å². The second-order valence-corrected chi connectivity index (χ2v) is 7.38. The molecule has 5 heteroatoms. The number of hydrogen-bond donors (Lipinski definition) is 0. The van der Waals surface area contributed by atoms with Crippen molar-refractivity contribution < 1.29 is 0 Å². The van der Waals surface area contributed by atoms with Crippen LogP contribution in [-0.2, 0) is 6.42 Å². The van der Waals surface area contributed by atoms with Crippen LogP contribution in [0.4, 0.5) is 0 Å². The van der Waals surface area contributed by atoms with Crippen molar-refractivity contribution in [1.82, 2.24) is 4.98 Å². The number of para-hydroxylation sites is 1. The van der Waals surface area contributed by atoms with Crippen LogP contribution in [0.3, 0.4) is 0 Å². The lowest BCUT2D eigenvalue weighted by Crippen LogP contribution is -1.96. The topological polar surface area (TPSA) is 12.9 Å². The third-order valence-electron chi connectivity index (χ3n) is 2.99. The predicted octanol–water partition coefficient (Wildman–Crippen LogP) is 6.23. The number of thiazole rings is 1. The van der Waals surface area contributed by atoms with Gasteiger partial charge in [0, 0.05) is 15.9 Å². The molecule has 3 rings (SSSR count). The Morgan fingerprint density at radius 3 is 2.80 bits per heavy atom. The number of alkyl halides is 1. The first-order valence-corrected chi connectivity index (χ1v) is 8.49. The fourth-order valence-electron chi connectivity index (χ4n) is 2.03. The van der Waals surface area contributed by atoms with E-state index in [1.54, 1.807) is 11.3 Å². The van der Waals surface area contributed by atoms with Crippen molar-refractivity contribution in [2.75, 3.05) is 0 Å². The number of halogens is 3. The van der Waals surface area contributed by atoms with Crippen LogP contribution in [0.15, 0.2) is 46.9 Å². The summed E-state index contributed by atoms with van der Waals surface area (Å²) in [4.78, 5) is 4.61. The zero-order valence-corrected chi connectivity index (χ0v) is 14.2. The van der Waals surface area contributed by atoms with Crippen molar-refractivity contribution in [2.45, 2.75) is 11.8 Å². The van der Waals surface area contributed by atoms with Crippen molar-refractivity contribution in [1.29, 1.82) is 0 Å². The van der Waals surface area contributed by atoms with Gasteiger partial charge in [0.25, 0.3) is 0 Å². The average molecular weight is 387 g/mol. The minimum absolute atomic E-state index is 0.180. The highest BCUT2D eigenvalue weighted by Crippen LogP contribution is 2.34. The van der Waals surface area contributed by atoms with E-state index in [-0.39, 0.29) is 5.38 Å². The molecule has 0 amide bonds. The highest BCUT2D eigenvalue weighted by Gasteiger charge is 2.15. The minimum atomic E-state index is -0.180. The van der Waals surface area contributed by atoms with Crippen LogP contribution >= 0.6 is 50.5 Å². The van der Waals surface area contributed by atoms with Crippen molar-refractivity contribution in [3.05, 3.63) is 62.5 Å². The normalized spacial score (nSPS) is 12.8. The van der Waals surface area contributed by atoms with Crippen molar-refractivity contribution in [2.24, 2.45) is 0 Å². The monoisotopic (exact) mass is 385 g/mol. The van der Waals surface area contributed by atoms with Crippen molar-refractivity contribution >= 4 is 60.7 Å². The lowest BCUT2D eigenvalue weighted by molar-refractivity contribution is 0.910. The van der Waals surface area contributed by atoms with Crippen LogP contribution in [0.1, 0.15) is 15.9 Å².